The normalized spacial score (nSPS) is 25.9. The summed E-state index contributed by atoms with van der Waals surface area (Å²) in [6.07, 6.45) is 6.70. The van der Waals surface area contributed by atoms with E-state index in [1.165, 1.54) is 25.3 Å². The fourth-order valence-electron chi connectivity index (χ4n) is 1.99. The number of carbonyl (C=O) groups excluding carboxylic acids is 1. The molecule has 0 spiro atoms. The van der Waals surface area contributed by atoms with E-state index in [9.17, 15) is 4.79 Å². The number of hydrogen-bond acceptors (Lipinski definition) is 2. The lowest BCUT2D eigenvalue weighted by Gasteiger charge is -2.28. The summed E-state index contributed by atoms with van der Waals surface area (Å²) in [5.74, 6) is 0.532. The number of ether oxygens (including phenoxy) is 1. The second kappa shape index (κ2) is 6.62. The van der Waals surface area contributed by atoms with E-state index in [-0.39, 0.29) is 5.91 Å². The molecule has 86 valence electrons. The highest BCUT2D eigenvalue weighted by molar-refractivity contribution is 5.86. The Balaban J connectivity index is 2.08. The summed E-state index contributed by atoms with van der Waals surface area (Å²) < 4.78 is 5.74. The van der Waals surface area contributed by atoms with E-state index in [4.69, 9.17) is 4.74 Å². The van der Waals surface area contributed by atoms with Gasteiger partial charge in [-0.3, -0.25) is 4.79 Å². The van der Waals surface area contributed by atoms with Gasteiger partial charge >= 0.3 is 0 Å². The summed E-state index contributed by atoms with van der Waals surface area (Å²) in [7, 11) is 0. The van der Waals surface area contributed by atoms with Crippen LogP contribution < -0.4 is 5.32 Å². The SMILES string of the molecule is C=CC(=O)NCCOC1CCCCC1C. The standard InChI is InChI=1S/C12H21NO2/c1-3-12(14)13-8-9-15-11-7-5-4-6-10(11)2/h3,10-11H,1,4-9H2,2H3,(H,13,14). The summed E-state index contributed by atoms with van der Waals surface area (Å²) in [5.41, 5.74) is 0. The summed E-state index contributed by atoms with van der Waals surface area (Å²) >= 11 is 0. The Bertz CT molecular complexity index is 216. The van der Waals surface area contributed by atoms with Gasteiger partial charge in [-0.2, -0.15) is 0 Å². The topological polar surface area (TPSA) is 38.3 Å². The van der Waals surface area contributed by atoms with E-state index in [2.05, 4.69) is 18.8 Å². The van der Waals surface area contributed by atoms with Crippen LogP contribution in [0.25, 0.3) is 0 Å². The molecule has 2 atom stereocenters. The third-order valence-corrected chi connectivity index (χ3v) is 2.95. The van der Waals surface area contributed by atoms with E-state index < -0.39 is 0 Å². The molecule has 1 aliphatic carbocycles. The maximum atomic E-state index is 10.8. The first kappa shape index (κ1) is 12.2. The molecular formula is C12H21NO2. The molecule has 2 unspecified atom stereocenters. The van der Waals surface area contributed by atoms with Crippen molar-refractivity contribution in [2.45, 2.75) is 38.7 Å². The zero-order valence-corrected chi connectivity index (χ0v) is 9.50. The first-order valence-corrected chi connectivity index (χ1v) is 5.76. The molecular weight excluding hydrogens is 190 g/mol. The van der Waals surface area contributed by atoms with E-state index in [0.29, 0.717) is 25.2 Å². The van der Waals surface area contributed by atoms with Crippen molar-refractivity contribution in [1.82, 2.24) is 5.32 Å². The second-order valence-corrected chi connectivity index (χ2v) is 4.17. The van der Waals surface area contributed by atoms with Crippen LogP contribution in [0, 0.1) is 5.92 Å². The minimum atomic E-state index is -0.129. The van der Waals surface area contributed by atoms with Crippen molar-refractivity contribution in [1.29, 1.82) is 0 Å². The fraction of sp³-hybridized carbons (Fsp3) is 0.750. The van der Waals surface area contributed by atoms with E-state index >= 15 is 0 Å². The first-order valence-electron chi connectivity index (χ1n) is 5.76. The Morgan fingerprint density at radius 2 is 2.27 bits per heavy atom. The highest BCUT2D eigenvalue weighted by Crippen LogP contribution is 2.25. The second-order valence-electron chi connectivity index (χ2n) is 4.17. The Morgan fingerprint density at radius 3 is 2.93 bits per heavy atom. The number of carbonyl (C=O) groups is 1. The molecule has 1 amide bonds. The molecule has 3 nitrogen and oxygen atoms in total. The maximum absolute atomic E-state index is 10.8. The van der Waals surface area contributed by atoms with Crippen LogP contribution in [-0.4, -0.2) is 25.2 Å². The number of rotatable bonds is 5. The van der Waals surface area contributed by atoms with Crippen LogP contribution in [0.15, 0.2) is 12.7 Å². The van der Waals surface area contributed by atoms with Gasteiger partial charge in [0.1, 0.15) is 0 Å². The Kier molecular flexibility index (Phi) is 5.40. The zero-order valence-electron chi connectivity index (χ0n) is 9.50. The van der Waals surface area contributed by atoms with Crippen LogP contribution in [-0.2, 0) is 9.53 Å². The largest absolute Gasteiger partial charge is 0.376 e. The summed E-state index contributed by atoms with van der Waals surface area (Å²) in [5, 5.41) is 2.70. The first-order chi connectivity index (χ1) is 7.24. The molecule has 1 rings (SSSR count). The predicted octanol–water partition coefficient (Wildman–Crippen LogP) is 1.88. The van der Waals surface area contributed by atoms with Crippen molar-refractivity contribution in [3.63, 3.8) is 0 Å². The Labute approximate surface area is 91.9 Å². The molecule has 3 heteroatoms. The molecule has 1 N–H and O–H groups in total. The fourth-order valence-corrected chi connectivity index (χ4v) is 1.99. The summed E-state index contributed by atoms with van der Waals surface area (Å²) in [6, 6.07) is 0. The van der Waals surface area contributed by atoms with Gasteiger partial charge in [-0.05, 0) is 24.8 Å². The lowest BCUT2D eigenvalue weighted by Crippen LogP contribution is -2.31. The van der Waals surface area contributed by atoms with Crippen LogP contribution in [0.3, 0.4) is 0 Å². The van der Waals surface area contributed by atoms with Crippen LogP contribution >= 0.6 is 0 Å². The molecule has 0 bridgehead atoms. The van der Waals surface area contributed by atoms with E-state index in [1.54, 1.807) is 0 Å². The molecule has 0 saturated heterocycles. The zero-order chi connectivity index (χ0) is 11.1. The molecule has 0 aromatic carbocycles. The van der Waals surface area contributed by atoms with Gasteiger partial charge < -0.3 is 10.1 Å². The summed E-state index contributed by atoms with van der Waals surface area (Å²) in [6.45, 7) is 6.81. The third kappa shape index (κ3) is 4.47. The van der Waals surface area contributed by atoms with Crippen LogP contribution in [0.2, 0.25) is 0 Å². The molecule has 0 heterocycles. The number of amides is 1. The minimum Gasteiger partial charge on any atom is -0.376 e. The van der Waals surface area contributed by atoms with Gasteiger partial charge in [-0.15, -0.1) is 0 Å². The van der Waals surface area contributed by atoms with Crippen molar-refractivity contribution in [2.75, 3.05) is 13.2 Å². The Hall–Kier alpha value is -0.830. The molecule has 0 aromatic heterocycles. The van der Waals surface area contributed by atoms with Crippen molar-refractivity contribution in [3.05, 3.63) is 12.7 Å². The van der Waals surface area contributed by atoms with Gasteiger partial charge in [-0.25, -0.2) is 0 Å². The van der Waals surface area contributed by atoms with Crippen LogP contribution in [0.1, 0.15) is 32.6 Å². The molecule has 1 aliphatic rings. The van der Waals surface area contributed by atoms with Crippen molar-refractivity contribution < 1.29 is 9.53 Å². The van der Waals surface area contributed by atoms with Gasteiger partial charge in [0.2, 0.25) is 5.91 Å². The molecule has 1 fully saturated rings. The lowest BCUT2D eigenvalue weighted by atomic mass is 9.88. The Morgan fingerprint density at radius 1 is 1.53 bits per heavy atom. The molecule has 0 radical (unpaired) electrons. The molecule has 0 aliphatic heterocycles. The lowest BCUT2D eigenvalue weighted by molar-refractivity contribution is -0.116. The van der Waals surface area contributed by atoms with Crippen molar-refractivity contribution in [2.24, 2.45) is 5.92 Å². The van der Waals surface area contributed by atoms with Crippen LogP contribution in [0.4, 0.5) is 0 Å². The van der Waals surface area contributed by atoms with E-state index in [0.717, 1.165) is 6.42 Å². The predicted molar refractivity (Wildman–Crippen MR) is 60.6 cm³/mol. The van der Waals surface area contributed by atoms with Crippen LogP contribution in [0.5, 0.6) is 0 Å². The highest BCUT2D eigenvalue weighted by Gasteiger charge is 2.21. The monoisotopic (exact) mass is 211 g/mol. The molecule has 0 aromatic rings. The van der Waals surface area contributed by atoms with Gasteiger partial charge in [-0.1, -0.05) is 26.3 Å². The number of hydrogen-bond donors (Lipinski definition) is 1. The average molecular weight is 211 g/mol. The molecule has 15 heavy (non-hydrogen) atoms. The smallest absolute Gasteiger partial charge is 0.243 e. The number of nitrogens with one attached hydrogen (secondary N) is 1. The molecule has 1 saturated carbocycles. The quantitative estimate of drug-likeness (QED) is 0.557. The third-order valence-electron chi connectivity index (χ3n) is 2.95. The van der Waals surface area contributed by atoms with Gasteiger partial charge in [0.25, 0.3) is 0 Å². The highest BCUT2D eigenvalue weighted by atomic mass is 16.5. The van der Waals surface area contributed by atoms with E-state index in [1.807, 2.05) is 0 Å². The average Bonchev–Trinajstić information content (AvgIpc) is 2.26. The maximum Gasteiger partial charge on any atom is 0.243 e. The van der Waals surface area contributed by atoms with Gasteiger partial charge in [0, 0.05) is 6.54 Å². The van der Waals surface area contributed by atoms with Crippen molar-refractivity contribution in [3.8, 4) is 0 Å². The summed E-state index contributed by atoms with van der Waals surface area (Å²) in [4.78, 5) is 10.8. The van der Waals surface area contributed by atoms with Crippen molar-refractivity contribution >= 4 is 5.91 Å². The minimum absolute atomic E-state index is 0.129. The van der Waals surface area contributed by atoms with Gasteiger partial charge in [0.05, 0.1) is 12.7 Å². The van der Waals surface area contributed by atoms with Gasteiger partial charge in [0.15, 0.2) is 0 Å².